The van der Waals surface area contributed by atoms with Gasteiger partial charge in [0.2, 0.25) is 0 Å². The smallest absolute Gasteiger partial charge is 0.0852 e. The van der Waals surface area contributed by atoms with Crippen molar-refractivity contribution in [2.24, 2.45) is 50.2 Å². The fourth-order valence-corrected chi connectivity index (χ4v) is 10.8. The average molecular weight is 459 g/mol. The molecule has 0 aromatic heterocycles. The van der Waals surface area contributed by atoms with Gasteiger partial charge >= 0.3 is 0 Å². The van der Waals surface area contributed by atoms with E-state index in [9.17, 15) is 15.3 Å². The molecule has 3 nitrogen and oxygen atoms in total. The van der Waals surface area contributed by atoms with Gasteiger partial charge in [-0.2, -0.15) is 0 Å². The summed E-state index contributed by atoms with van der Waals surface area (Å²) in [5.41, 5.74) is 2.24. The molecule has 0 spiro atoms. The van der Waals surface area contributed by atoms with Gasteiger partial charge in [0.15, 0.2) is 0 Å². The number of aliphatic hydroxyl groups excluding tert-OH is 3. The lowest BCUT2D eigenvalue weighted by atomic mass is 9.33. The Labute approximate surface area is 202 Å². The Balaban J connectivity index is 1.59. The molecule has 5 rings (SSSR count). The van der Waals surface area contributed by atoms with E-state index < -0.39 is 12.2 Å². The second-order valence-electron chi connectivity index (χ2n) is 15.3. The molecule has 0 radical (unpaired) electrons. The molecular formula is C30H50O3. The van der Waals surface area contributed by atoms with Crippen LogP contribution in [0.1, 0.15) is 106 Å². The third kappa shape index (κ3) is 2.97. The minimum Gasteiger partial charge on any atom is -0.396 e. The largest absolute Gasteiger partial charge is 0.396 e. The molecule has 4 saturated carbocycles. The monoisotopic (exact) mass is 458 g/mol. The molecular weight excluding hydrogens is 408 g/mol. The molecule has 0 unspecified atom stereocenters. The fraction of sp³-hybridized carbons (Fsp3) is 0.933. The van der Waals surface area contributed by atoms with E-state index in [1.165, 1.54) is 25.7 Å². The van der Waals surface area contributed by atoms with Crippen molar-refractivity contribution in [3.8, 4) is 0 Å². The number of fused-ring (bicyclic) bond motifs is 7. The maximum atomic E-state index is 11.0. The molecule has 3 N–H and O–H groups in total. The molecule has 0 aliphatic heterocycles. The Kier molecular flexibility index (Phi) is 5.23. The first-order valence-corrected chi connectivity index (χ1v) is 13.8. The Hall–Kier alpha value is -0.380. The lowest BCUT2D eigenvalue weighted by molar-refractivity contribution is -0.232. The van der Waals surface area contributed by atoms with Crippen LogP contribution in [0, 0.1) is 50.2 Å². The van der Waals surface area contributed by atoms with Crippen LogP contribution in [0.15, 0.2) is 11.6 Å². The SMILES string of the molecule is CC1(C)CC[C@]2(CO)CC[C@]3(C)C(=CC[C@@H]4[C@@]5(C)C[C@@H](O)[C@H](O)C(C)(C)[C@@H]5CC[C@]43C)[C@@H]2C1. The zero-order chi connectivity index (χ0) is 24.2. The van der Waals surface area contributed by atoms with Gasteiger partial charge in [0.1, 0.15) is 0 Å². The van der Waals surface area contributed by atoms with Crippen LogP contribution >= 0.6 is 0 Å². The van der Waals surface area contributed by atoms with Gasteiger partial charge in [0.25, 0.3) is 0 Å². The summed E-state index contributed by atoms with van der Waals surface area (Å²) in [4.78, 5) is 0. The van der Waals surface area contributed by atoms with Gasteiger partial charge in [-0.25, -0.2) is 0 Å². The first-order chi connectivity index (χ1) is 15.2. The molecule has 0 heterocycles. The van der Waals surface area contributed by atoms with Crippen LogP contribution in [-0.2, 0) is 0 Å². The van der Waals surface area contributed by atoms with Gasteiger partial charge in [0.05, 0.1) is 12.2 Å². The maximum absolute atomic E-state index is 11.0. The molecule has 0 aromatic rings. The van der Waals surface area contributed by atoms with Gasteiger partial charge in [-0.3, -0.25) is 0 Å². The zero-order valence-electron chi connectivity index (χ0n) is 22.4. The molecule has 3 heteroatoms. The molecule has 9 atom stereocenters. The number of allylic oxidation sites excluding steroid dienone is 2. The molecule has 4 fully saturated rings. The Morgan fingerprint density at radius 3 is 2.18 bits per heavy atom. The quantitative estimate of drug-likeness (QED) is 0.415. The van der Waals surface area contributed by atoms with Crippen molar-refractivity contribution >= 4 is 0 Å². The van der Waals surface area contributed by atoms with Crippen molar-refractivity contribution < 1.29 is 15.3 Å². The first kappa shape index (κ1) is 24.3. The van der Waals surface area contributed by atoms with Crippen molar-refractivity contribution in [1.29, 1.82) is 0 Å². The van der Waals surface area contributed by atoms with Crippen molar-refractivity contribution in [2.45, 2.75) is 118 Å². The molecule has 0 saturated heterocycles. The number of aliphatic hydroxyl groups is 3. The van der Waals surface area contributed by atoms with Crippen LogP contribution < -0.4 is 0 Å². The summed E-state index contributed by atoms with van der Waals surface area (Å²) in [5.74, 6) is 1.47. The Morgan fingerprint density at radius 1 is 0.848 bits per heavy atom. The predicted molar refractivity (Wildman–Crippen MR) is 134 cm³/mol. The van der Waals surface area contributed by atoms with Gasteiger partial charge < -0.3 is 15.3 Å². The lowest BCUT2D eigenvalue weighted by Gasteiger charge is -2.71. The molecule has 0 aromatic carbocycles. The van der Waals surface area contributed by atoms with Crippen molar-refractivity contribution in [3.05, 3.63) is 11.6 Å². The third-order valence-electron chi connectivity index (χ3n) is 13.1. The third-order valence-corrected chi connectivity index (χ3v) is 13.1. The topological polar surface area (TPSA) is 60.7 Å². The van der Waals surface area contributed by atoms with Crippen molar-refractivity contribution in [3.63, 3.8) is 0 Å². The summed E-state index contributed by atoms with van der Waals surface area (Å²) >= 11 is 0. The highest BCUT2D eigenvalue weighted by Crippen LogP contribution is 2.75. The Morgan fingerprint density at radius 2 is 1.52 bits per heavy atom. The lowest BCUT2D eigenvalue weighted by Crippen LogP contribution is -2.66. The minimum absolute atomic E-state index is 0.0392. The fourth-order valence-electron chi connectivity index (χ4n) is 10.8. The van der Waals surface area contributed by atoms with Crippen LogP contribution in [-0.4, -0.2) is 34.1 Å². The molecule has 33 heavy (non-hydrogen) atoms. The van der Waals surface area contributed by atoms with E-state index in [4.69, 9.17) is 0 Å². The predicted octanol–water partition coefficient (Wildman–Crippen LogP) is 6.11. The van der Waals surface area contributed by atoms with Gasteiger partial charge in [-0.05, 0) is 103 Å². The second kappa shape index (κ2) is 7.10. The van der Waals surface area contributed by atoms with Crippen LogP contribution in [0.5, 0.6) is 0 Å². The summed E-state index contributed by atoms with van der Waals surface area (Å²) in [7, 11) is 0. The van der Waals surface area contributed by atoms with Gasteiger partial charge in [-0.1, -0.05) is 60.1 Å². The van der Waals surface area contributed by atoms with Crippen molar-refractivity contribution in [1.82, 2.24) is 0 Å². The molecule has 5 aliphatic carbocycles. The minimum atomic E-state index is -0.630. The molecule has 5 aliphatic rings. The van der Waals surface area contributed by atoms with E-state index in [1.807, 2.05) is 0 Å². The van der Waals surface area contributed by atoms with Gasteiger partial charge in [0, 0.05) is 12.0 Å². The van der Waals surface area contributed by atoms with E-state index in [1.54, 1.807) is 5.57 Å². The maximum Gasteiger partial charge on any atom is 0.0852 e. The molecule has 0 amide bonds. The number of rotatable bonds is 1. The number of hydrogen-bond donors (Lipinski definition) is 3. The van der Waals surface area contributed by atoms with E-state index >= 15 is 0 Å². The van der Waals surface area contributed by atoms with E-state index in [0.717, 1.165) is 32.1 Å². The van der Waals surface area contributed by atoms with E-state index in [2.05, 4.69) is 54.5 Å². The highest BCUT2D eigenvalue weighted by atomic mass is 16.3. The summed E-state index contributed by atoms with van der Waals surface area (Å²) in [6.07, 6.45) is 11.4. The number of hydrogen-bond acceptors (Lipinski definition) is 3. The first-order valence-electron chi connectivity index (χ1n) is 13.8. The second-order valence-corrected chi connectivity index (χ2v) is 15.3. The summed E-state index contributed by atoms with van der Waals surface area (Å²) in [6, 6.07) is 0. The normalized spacial score (nSPS) is 54.8. The zero-order valence-corrected chi connectivity index (χ0v) is 22.4. The van der Waals surface area contributed by atoms with Gasteiger partial charge in [-0.15, -0.1) is 0 Å². The van der Waals surface area contributed by atoms with Crippen LogP contribution in [0.3, 0.4) is 0 Å². The van der Waals surface area contributed by atoms with E-state index in [0.29, 0.717) is 29.8 Å². The molecule has 188 valence electrons. The van der Waals surface area contributed by atoms with Crippen LogP contribution in [0.2, 0.25) is 0 Å². The summed E-state index contributed by atoms with van der Waals surface area (Å²) in [6.45, 7) is 17.2. The standard InChI is InChI=1S/C30H50O3/c1-25(2)12-14-30(18-31)15-13-28(6)19(20(30)16-25)8-9-23-27(5)17-21(32)24(33)26(3,4)22(27)10-11-29(23,28)7/h8,20-24,31-33H,9-18H2,1-7H3/t20-,21+,22-,23+,24-,27-,28+,29+,30+/m0/s1. The van der Waals surface area contributed by atoms with E-state index in [-0.39, 0.29) is 27.1 Å². The van der Waals surface area contributed by atoms with Crippen LogP contribution in [0.25, 0.3) is 0 Å². The average Bonchev–Trinajstić information content (AvgIpc) is 2.72. The highest BCUT2D eigenvalue weighted by molar-refractivity contribution is 5.34. The summed E-state index contributed by atoms with van der Waals surface area (Å²) in [5, 5.41) is 32.5. The summed E-state index contributed by atoms with van der Waals surface area (Å²) < 4.78 is 0. The highest BCUT2D eigenvalue weighted by Gasteiger charge is 2.69. The molecule has 0 bridgehead atoms. The van der Waals surface area contributed by atoms with Crippen LogP contribution in [0.4, 0.5) is 0 Å². The van der Waals surface area contributed by atoms with Crippen molar-refractivity contribution in [2.75, 3.05) is 6.61 Å². The Bertz CT molecular complexity index is 843.